The highest BCUT2D eigenvalue weighted by atomic mass is 32.2. The Morgan fingerprint density at radius 2 is 1.68 bits per heavy atom. The molecule has 0 bridgehead atoms. The zero-order chi connectivity index (χ0) is 16.5. The van der Waals surface area contributed by atoms with Gasteiger partial charge in [0.15, 0.2) is 0 Å². The monoisotopic (exact) mass is 335 g/mol. The Balaban J connectivity index is 2.06. The fourth-order valence-corrected chi connectivity index (χ4v) is 4.45. The third kappa shape index (κ3) is 4.01. The largest absolute Gasteiger partial charge is 0.391 e. The molecular weight excluding hydrogens is 315 g/mol. The molecule has 0 aliphatic heterocycles. The number of rotatable bonds is 3. The summed E-state index contributed by atoms with van der Waals surface area (Å²) in [6, 6.07) is 4.70. The molecule has 0 unspecified atom stereocenters. The van der Waals surface area contributed by atoms with Gasteiger partial charge in [-0.1, -0.05) is 12.1 Å². The number of nitrogens with one attached hydrogen (secondary N) is 1. The third-order valence-electron chi connectivity index (χ3n) is 4.15. The van der Waals surface area contributed by atoms with Crippen molar-refractivity contribution in [2.24, 2.45) is 5.92 Å². The Bertz CT molecular complexity index is 633. The van der Waals surface area contributed by atoms with Crippen LogP contribution < -0.4 is 4.72 Å². The normalized spacial score (nSPS) is 23.5. The van der Waals surface area contributed by atoms with Crippen molar-refractivity contribution in [2.45, 2.75) is 56.6 Å². The van der Waals surface area contributed by atoms with E-state index in [1.54, 1.807) is 26.0 Å². The Morgan fingerprint density at radius 3 is 2.23 bits per heavy atom. The Morgan fingerprint density at radius 1 is 1.09 bits per heavy atom. The fraction of sp³-hybridized carbons (Fsp3) is 0.600. The van der Waals surface area contributed by atoms with Crippen molar-refractivity contribution >= 4 is 10.0 Å². The number of hydrogen-bond donors (Lipinski definition) is 1. The molecule has 0 heterocycles. The molecule has 2 rings (SSSR count). The van der Waals surface area contributed by atoms with Gasteiger partial charge < -0.3 is 0 Å². The van der Waals surface area contributed by atoms with Crippen LogP contribution in [0.4, 0.5) is 13.2 Å². The molecule has 0 atom stereocenters. The van der Waals surface area contributed by atoms with E-state index in [9.17, 15) is 21.6 Å². The summed E-state index contributed by atoms with van der Waals surface area (Å²) in [7, 11) is -3.70. The number of alkyl halides is 3. The summed E-state index contributed by atoms with van der Waals surface area (Å²) < 4.78 is 65.3. The van der Waals surface area contributed by atoms with E-state index < -0.39 is 28.2 Å². The zero-order valence-electron chi connectivity index (χ0n) is 12.6. The molecule has 1 saturated carbocycles. The molecule has 0 saturated heterocycles. The molecule has 1 aliphatic rings. The van der Waals surface area contributed by atoms with Gasteiger partial charge in [-0.2, -0.15) is 13.2 Å². The van der Waals surface area contributed by atoms with Crippen LogP contribution in [0.2, 0.25) is 0 Å². The van der Waals surface area contributed by atoms with Gasteiger partial charge in [-0.15, -0.1) is 0 Å². The van der Waals surface area contributed by atoms with Gasteiger partial charge in [-0.3, -0.25) is 0 Å². The van der Waals surface area contributed by atoms with E-state index in [4.69, 9.17) is 0 Å². The molecule has 1 N–H and O–H groups in total. The maximum absolute atomic E-state index is 12.6. The van der Waals surface area contributed by atoms with Crippen LogP contribution in [0.1, 0.15) is 36.8 Å². The van der Waals surface area contributed by atoms with Gasteiger partial charge in [0, 0.05) is 6.04 Å². The molecule has 3 nitrogen and oxygen atoms in total. The van der Waals surface area contributed by atoms with Crippen LogP contribution in [-0.2, 0) is 10.0 Å². The van der Waals surface area contributed by atoms with Gasteiger partial charge in [0.25, 0.3) is 0 Å². The van der Waals surface area contributed by atoms with E-state index in [0.29, 0.717) is 5.56 Å². The van der Waals surface area contributed by atoms with Gasteiger partial charge in [-0.25, -0.2) is 13.1 Å². The first-order chi connectivity index (χ1) is 10.1. The second kappa shape index (κ2) is 6.20. The van der Waals surface area contributed by atoms with Gasteiger partial charge in [0.2, 0.25) is 10.0 Å². The number of halogens is 3. The molecule has 22 heavy (non-hydrogen) atoms. The summed E-state index contributed by atoms with van der Waals surface area (Å²) in [5.74, 6) is -1.31. The van der Waals surface area contributed by atoms with E-state index in [0.717, 1.165) is 5.56 Å². The summed E-state index contributed by atoms with van der Waals surface area (Å²) in [5, 5.41) is 0. The van der Waals surface area contributed by atoms with Crippen molar-refractivity contribution in [2.75, 3.05) is 0 Å². The molecule has 1 fully saturated rings. The van der Waals surface area contributed by atoms with Crippen molar-refractivity contribution in [3.8, 4) is 0 Å². The van der Waals surface area contributed by atoms with Crippen molar-refractivity contribution in [1.29, 1.82) is 0 Å². The topological polar surface area (TPSA) is 46.2 Å². The van der Waals surface area contributed by atoms with Crippen LogP contribution in [0.15, 0.2) is 23.1 Å². The predicted molar refractivity (Wildman–Crippen MR) is 78.0 cm³/mol. The van der Waals surface area contributed by atoms with Crippen LogP contribution in [0.3, 0.4) is 0 Å². The number of aryl methyl sites for hydroxylation is 2. The third-order valence-corrected chi connectivity index (χ3v) is 5.81. The molecular formula is C15H20F3NO2S. The fourth-order valence-electron chi connectivity index (χ4n) is 2.82. The van der Waals surface area contributed by atoms with Gasteiger partial charge in [-0.05, 0) is 56.7 Å². The van der Waals surface area contributed by atoms with Crippen molar-refractivity contribution in [1.82, 2.24) is 4.72 Å². The number of sulfonamides is 1. The molecule has 124 valence electrons. The average Bonchev–Trinajstić information content (AvgIpc) is 2.40. The maximum atomic E-state index is 12.6. The predicted octanol–water partition coefficient (Wildman–Crippen LogP) is 3.70. The highest BCUT2D eigenvalue weighted by molar-refractivity contribution is 7.89. The zero-order valence-corrected chi connectivity index (χ0v) is 13.4. The van der Waals surface area contributed by atoms with Gasteiger partial charge >= 0.3 is 6.18 Å². The van der Waals surface area contributed by atoms with E-state index in [-0.39, 0.29) is 30.6 Å². The summed E-state index contributed by atoms with van der Waals surface area (Å²) in [5.41, 5.74) is 1.45. The molecule has 0 radical (unpaired) electrons. The van der Waals surface area contributed by atoms with Crippen LogP contribution in [-0.4, -0.2) is 20.6 Å². The standard InChI is InChI=1S/C15H20F3NO2S/c1-10-3-4-11(2)14(9-10)22(20,21)19-13-7-5-12(6-8-13)15(16,17)18/h3-4,9,12-13,19H,5-8H2,1-2H3. The highest BCUT2D eigenvalue weighted by Gasteiger charge is 2.41. The quantitative estimate of drug-likeness (QED) is 0.915. The lowest BCUT2D eigenvalue weighted by atomic mass is 9.86. The summed E-state index contributed by atoms with van der Waals surface area (Å²) in [6.45, 7) is 3.50. The van der Waals surface area contributed by atoms with Crippen LogP contribution in [0.5, 0.6) is 0 Å². The summed E-state index contributed by atoms with van der Waals surface area (Å²) in [6.07, 6.45) is -3.80. The SMILES string of the molecule is Cc1ccc(C)c(S(=O)(=O)NC2CCC(C(F)(F)F)CC2)c1. The van der Waals surface area contributed by atoms with Crippen LogP contribution in [0, 0.1) is 19.8 Å². The second-order valence-electron chi connectivity index (χ2n) is 5.98. The molecule has 1 aliphatic carbocycles. The van der Waals surface area contributed by atoms with Crippen molar-refractivity contribution in [3.63, 3.8) is 0 Å². The minimum Gasteiger partial charge on any atom is -0.208 e. The van der Waals surface area contributed by atoms with Crippen LogP contribution >= 0.6 is 0 Å². The number of benzene rings is 1. The van der Waals surface area contributed by atoms with Gasteiger partial charge in [0.05, 0.1) is 10.8 Å². The lowest BCUT2D eigenvalue weighted by Gasteiger charge is -2.30. The minimum absolute atomic E-state index is 0.0243. The summed E-state index contributed by atoms with van der Waals surface area (Å²) in [4.78, 5) is 0.199. The molecule has 0 aromatic heterocycles. The van der Waals surface area contributed by atoms with Crippen molar-refractivity contribution in [3.05, 3.63) is 29.3 Å². The highest BCUT2D eigenvalue weighted by Crippen LogP contribution is 2.37. The number of hydrogen-bond acceptors (Lipinski definition) is 2. The molecule has 0 amide bonds. The first-order valence-electron chi connectivity index (χ1n) is 7.26. The molecule has 7 heteroatoms. The van der Waals surface area contributed by atoms with Crippen LogP contribution in [0.25, 0.3) is 0 Å². The van der Waals surface area contributed by atoms with Gasteiger partial charge in [0.1, 0.15) is 0 Å². The van der Waals surface area contributed by atoms with E-state index >= 15 is 0 Å². The molecule has 1 aromatic carbocycles. The summed E-state index contributed by atoms with van der Waals surface area (Å²) >= 11 is 0. The van der Waals surface area contributed by atoms with E-state index in [1.165, 1.54) is 0 Å². The molecule has 0 spiro atoms. The average molecular weight is 335 g/mol. The maximum Gasteiger partial charge on any atom is 0.391 e. The van der Waals surface area contributed by atoms with E-state index in [2.05, 4.69) is 4.72 Å². The Hall–Kier alpha value is -1.08. The first-order valence-corrected chi connectivity index (χ1v) is 8.74. The Kier molecular flexibility index (Phi) is 4.87. The lowest BCUT2D eigenvalue weighted by Crippen LogP contribution is -2.40. The molecule has 1 aromatic rings. The van der Waals surface area contributed by atoms with E-state index in [1.807, 2.05) is 6.07 Å². The Labute approximate surface area is 129 Å². The first kappa shape index (κ1) is 17.3. The lowest BCUT2D eigenvalue weighted by molar-refractivity contribution is -0.182. The smallest absolute Gasteiger partial charge is 0.208 e. The second-order valence-corrected chi connectivity index (χ2v) is 7.66. The van der Waals surface area contributed by atoms with Crippen molar-refractivity contribution < 1.29 is 21.6 Å². The minimum atomic E-state index is -4.18.